The highest BCUT2D eigenvalue weighted by molar-refractivity contribution is 7.86. The quantitative estimate of drug-likeness (QED) is 0.407. The second-order valence-corrected chi connectivity index (χ2v) is 12.1. The van der Waals surface area contributed by atoms with Crippen molar-refractivity contribution in [2.24, 2.45) is 16.2 Å². The molecule has 1 spiro atoms. The van der Waals surface area contributed by atoms with Gasteiger partial charge in [-0.15, -0.1) is 0 Å². The summed E-state index contributed by atoms with van der Waals surface area (Å²) < 4.78 is 45.4. The van der Waals surface area contributed by atoms with Gasteiger partial charge in [-0.05, 0) is 50.5 Å². The smallest absolute Gasteiger partial charge is 0.299 e. The van der Waals surface area contributed by atoms with Gasteiger partial charge >= 0.3 is 0 Å². The first-order valence-corrected chi connectivity index (χ1v) is 13.4. The number of aryl methyl sites for hydroxylation is 1. The molecule has 7 heteroatoms. The van der Waals surface area contributed by atoms with Crippen LogP contribution in [0, 0.1) is 23.2 Å². The highest BCUT2D eigenvalue weighted by atomic mass is 32.2. The maximum Gasteiger partial charge on any atom is 0.299 e. The van der Waals surface area contributed by atoms with Crippen LogP contribution in [-0.2, 0) is 35.2 Å². The summed E-state index contributed by atoms with van der Waals surface area (Å²) in [4.78, 5) is 14.4. The molecule has 36 heavy (non-hydrogen) atoms. The molecule has 4 aliphatic carbocycles. The number of carbonyl (C=O) groups is 1. The molecular formula is C29H28O6S. The molecule has 4 bridgehead atoms. The Morgan fingerprint density at radius 3 is 2.44 bits per heavy atom. The van der Waals surface area contributed by atoms with E-state index in [1.165, 1.54) is 12.1 Å². The molecule has 1 saturated heterocycles. The van der Waals surface area contributed by atoms with Gasteiger partial charge in [0, 0.05) is 0 Å². The van der Waals surface area contributed by atoms with Crippen molar-refractivity contribution in [3.05, 3.63) is 102 Å². The maximum atomic E-state index is 14.4. The number of allylic oxidation sites excluding steroid dienone is 3. The third-order valence-electron chi connectivity index (χ3n) is 8.73. The lowest BCUT2D eigenvalue weighted by Gasteiger charge is -2.59. The Labute approximate surface area is 211 Å². The van der Waals surface area contributed by atoms with Gasteiger partial charge in [0.2, 0.25) is 11.6 Å². The minimum Gasteiger partial charge on any atom is -0.338 e. The highest BCUT2D eigenvalue weighted by Gasteiger charge is 2.84. The van der Waals surface area contributed by atoms with E-state index in [9.17, 15) is 13.2 Å². The van der Waals surface area contributed by atoms with Gasteiger partial charge in [-0.3, -0.25) is 4.79 Å². The zero-order valence-electron chi connectivity index (χ0n) is 20.5. The summed E-state index contributed by atoms with van der Waals surface area (Å²) in [6.07, 6.45) is 5.05. The van der Waals surface area contributed by atoms with Crippen LogP contribution in [0.4, 0.5) is 0 Å². The van der Waals surface area contributed by atoms with Crippen LogP contribution in [-0.4, -0.2) is 26.3 Å². The first-order valence-electron chi connectivity index (χ1n) is 12.0. The van der Waals surface area contributed by atoms with Crippen LogP contribution >= 0.6 is 0 Å². The second kappa shape index (κ2) is 7.35. The number of hydrogen-bond donors (Lipinski definition) is 0. The number of Topliss-reactive ketones (excluding diaryl/α,β-unsaturated/α-hetero) is 1. The molecule has 0 radical (unpaired) electrons. The van der Waals surface area contributed by atoms with Gasteiger partial charge in [0.05, 0.1) is 27.7 Å². The Morgan fingerprint density at radius 2 is 1.75 bits per heavy atom. The van der Waals surface area contributed by atoms with Crippen molar-refractivity contribution in [3.63, 3.8) is 0 Å². The molecular weight excluding hydrogens is 476 g/mol. The van der Waals surface area contributed by atoms with Crippen LogP contribution in [0.5, 0.6) is 0 Å². The molecule has 1 saturated carbocycles. The van der Waals surface area contributed by atoms with Crippen molar-refractivity contribution in [1.29, 1.82) is 0 Å². The fourth-order valence-corrected chi connectivity index (χ4v) is 7.48. The van der Waals surface area contributed by atoms with Crippen molar-refractivity contribution >= 4 is 15.9 Å². The molecule has 0 aromatic heterocycles. The Morgan fingerprint density at radius 1 is 1.06 bits per heavy atom. The topological polar surface area (TPSA) is 78.9 Å². The van der Waals surface area contributed by atoms with Crippen LogP contribution in [0.2, 0.25) is 0 Å². The number of carbonyl (C=O) groups excluding carboxylic acids is 1. The summed E-state index contributed by atoms with van der Waals surface area (Å²) in [7, 11) is -4.20. The fraction of sp³-hybridized carbons (Fsp3) is 0.345. The lowest BCUT2D eigenvalue weighted by Crippen LogP contribution is -2.68. The molecule has 1 aliphatic heterocycles. The Bertz CT molecular complexity index is 1460. The van der Waals surface area contributed by atoms with Crippen LogP contribution in [0.15, 0.2) is 95.4 Å². The van der Waals surface area contributed by atoms with Crippen molar-refractivity contribution in [2.45, 2.75) is 50.8 Å². The molecule has 2 aromatic carbocycles. The molecule has 7 rings (SSSR count). The minimum absolute atomic E-state index is 0.0257. The summed E-state index contributed by atoms with van der Waals surface area (Å²) in [6, 6.07) is 15.9. The third-order valence-corrected chi connectivity index (χ3v) is 10.0. The van der Waals surface area contributed by atoms with Gasteiger partial charge < -0.3 is 9.47 Å². The average molecular weight is 505 g/mol. The van der Waals surface area contributed by atoms with Crippen molar-refractivity contribution in [2.75, 3.05) is 0 Å². The Kier molecular flexibility index (Phi) is 4.81. The van der Waals surface area contributed by atoms with Crippen LogP contribution < -0.4 is 0 Å². The number of ketones is 1. The first kappa shape index (κ1) is 23.6. The van der Waals surface area contributed by atoms with E-state index in [1.54, 1.807) is 12.1 Å². The van der Waals surface area contributed by atoms with Gasteiger partial charge in [0.15, 0.2) is 6.29 Å². The lowest BCUT2D eigenvalue weighted by molar-refractivity contribution is -0.272. The maximum absolute atomic E-state index is 14.4. The van der Waals surface area contributed by atoms with Crippen LogP contribution in [0.1, 0.15) is 31.4 Å². The summed E-state index contributed by atoms with van der Waals surface area (Å²) in [5.74, 6) is -2.02. The summed E-state index contributed by atoms with van der Waals surface area (Å²) >= 11 is 0. The first-order chi connectivity index (χ1) is 17.0. The standard InChI is InChI=1S/C29H28O6S/c1-19-10-13-22(14-11-19)36(31,32)35-25-27(4)23-15-12-20(2)28(23)17-16-26(27,3)29(34-25,24(28)30)33-18-21-8-6-5-7-9-21/h5-11,13-17,25H,2,12,18H2,1,3-4H3/t25?,26-,27+,28+,29+/m0/s1. The van der Waals surface area contributed by atoms with Gasteiger partial charge in [0.1, 0.15) is 0 Å². The summed E-state index contributed by atoms with van der Waals surface area (Å²) in [5.41, 5.74) is 0.185. The highest BCUT2D eigenvalue weighted by Crippen LogP contribution is 2.77. The monoisotopic (exact) mass is 504 g/mol. The normalized spacial score (nSPS) is 36.3. The van der Waals surface area contributed by atoms with Crippen LogP contribution in [0.25, 0.3) is 0 Å². The van der Waals surface area contributed by atoms with E-state index in [1.807, 2.05) is 69.3 Å². The number of ether oxygens (including phenoxy) is 2. The zero-order chi connectivity index (χ0) is 25.6. The van der Waals surface area contributed by atoms with Gasteiger partial charge in [-0.2, -0.15) is 8.42 Å². The van der Waals surface area contributed by atoms with Crippen molar-refractivity contribution in [1.82, 2.24) is 0 Å². The summed E-state index contributed by atoms with van der Waals surface area (Å²) in [6.45, 7) is 10.0. The van der Waals surface area contributed by atoms with E-state index in [4.69, 9.17) is 13.7 Å². The number of benzene rings is 2. The zero-order valence-corrected chi connectivity index (χ0v) is 21.3. The number of hydrogen-bond acceptors (Lipinski definition) is 6. The number of rotatable bonds is 6. The second-order valence-electron chi connectivity index (χ2n) is 10.5. The van der Waals surface area contributed by atoms with Gasteiger partial charge in [0.25, 0.3) is 10.1 Å². The summed E-state index contributed by atoms with van der Waals surface area (Å²) in [5, 5.41) is 0. The lowest BCUT2D eigenvalue weighted by atomic mass is 9.43. The van der Waals surface area contributed by atoms with E-state index in [2.05, 4.69) is 6.58 Å². The predicted molar refractivity (Wildman–Crippen MR) is 133 cm³/mol. The molecule has 1 unspecified atom stereocenters. The molecule has 186 valence electrons. The van der Waals surface area contributed by atoms with E-state index in [-0.39, 0.29) is 17.3 Å². The molecule has 2 aromatic rings. The van der Waals surface area contributed by atoms with E-state index < -0.39 is 38.4 Å². The minimum atomic E-state index is -4.20. The molecule has 2 fully saturated rings. The van der Waals surface area contributed by atoms with E-state index >= 15 is 0 Å². The fourth-order valence-electron chi connectivity index (χ4n) is 6.43. The molecule has 0 N–H and O–H groups in total. The molecule has 6 nitrogen and oxygen atoms in total. The van der Waals surface area contributed by atoms with Crippen molar-refractivity contribution < 1.29 is 26.9 Å². The molecule has 0 amide bonds. The SMILES string of the molecule is C=C1CC=C2[C@@]13C=C[C@]1(C)[C@](OCc4ccccc4)(OC(OS(=O)(=O)c4ccc(C)cc4)[C@@]21C)C3=O. The Balaban J connectivity index is 1.48. The molecule has 1 heterocycles. The third kappa shape index (κ3) is 2.66. The van der Waals surface area contributed by atoms with E-state index in [0.29, 0.717) is 6.42 Å². The Hall–Kier alpha value is -2.84. The van der Waals surface area contributed by atoms with Gasteiger partial charge in [-0.25, -0.2) is 4.18 Å². The largest absolute Gasteiger partial charge is 0.338 e. The molecule has 5 atom stereocenters. The van der Waals surface area contributed by atoms with E-state index in [0.717, 1.165) is 22.3 Å². The average Bonchev–Trinajstić information content (AvgIpc) is 3.27. The van der Waals surface area contributed by atoms with Gasteiger partial charge in [-0.1, -0.05) is 78.4 Å². The van der Waals surface area contributed by atoms with Crippen LogP contribution in [0.3, 0.4) is 0 Å². The van der Waals surface area contributed by atoms with Crippen molar-refractivity contribution in [3.8, 4) is 0 Å². The predicted octanol–water partition coefficient (Wildman–Crippen LogP) is 5.01. The molecule has 5 aliphatic rings.